The summed E-state index contributed by atoms with van der Waals surface area (Å²) in [5.41, 5.74) is 5.17. The van der Waals surface area contributed by atoms with Crippen LogP contribution in [0.4, 0.5) is 11.4 Å². The third-order valence-electron chi connectivity index (χ3n) is 5.63. The topological polar surface area (TPSA) is 61.4 Å². The van der Waals surface area contributed by atoms with Crippen LogP contribution < -0.4 is 15.5 Å². The Kier molecular flexibility index (Phi) is 5.96. The zero-order chi connectivity index (χ0) is 22.0. The van der Waals surface area contributed by atoms with Crippen LogP contribution in [0.1, 0.15) is 40.0 Å². The van der Waals surface area contributed by atoms with E-state index in [2.05, 4.69) is 10.6 Å². The number of amides is 2. The molecule has 1 atom stereocenters. The van der Waals surface area contributed by atoms with Gasteiger partial charge in [0.25, 0.3) is 5.91 Å². The van der Waals surface area contributed by atoms with Crippen molar-refractivity contribution in [3.63, 3.8) is 0 Å². The summed E-state index contributed by atoms with van der Waals surface area (Å²) in [6.45, 7) is 2.46. The molecule has 0 fully saturated rings. The maximum absolute atomic E-state index is 13.0. The monoisotopic (exact) mass is 433 g/mol. The first-order valence-corrected chi connectivity index (χ1v) is 10.6. The number of nitrogens with zero attached hydrogens (tertiary/aromatic N) is 1. The van der Waals surface area contributed by atoms with Crippen LogP contribution in [0, 0.1) is 0 Å². The Hall–Kier alpha value is -3.31. The van der Waals surface area contributed by atoms with Gasteiger partial charge in [0.2, 0.25) is 5.91 Å². The minimum atomic E-state index is -0.199. The highest BCUT2D eigenvalue weighted by molar-refractivity contribution is 6.31. The van der Waals surface area contributed by atoms with E-state index in [1.165, 1.54) is 0 Å². The van der Waals surface area contributed by atoms with Crippen LogP contribution in [0.2, 0.25) is 5.02 Å². The summed E-state index contributed by atoms with van der Waals surface area (Å²) in [5.74, 6) is -0.0780. The molecule has 2 amide bonds. The molecule has 1 unspecified atom stereocenters. The molecule has 31 heavy (non-hydrogen) atoms. The third-order valence-corrected chi connectivity index (χ3v) is 6.00. The lowest BCUT2D eigenvalue weighted by molar-refractivity contribution is -0.117. The number of halogens is 1. The van der Waals surface area contributed by atoms with Crippen LogP contribution in [0.5, 0.6) is 0 Å². The molecule has 3 aromatic carbocycles. The van der Waals surface area contributed by atoms with Crippen molar-refractivity contribution in [3.8, 4) is 0 Å². The lowest BCUT2D eigenvalue weighted by Crippen LogP contribution is -2.27. The van der Waals surface area contributed by atoms with Crippen molar-refractivity contribution in [2.75, 3.05) is 17.3 Å². The quantitative estimate of drug-likeness (QED) is 0.577. The summed E-state index contributed by atoms with van der Waals surface area (Å²) in [7, 11) is 1.78. The summed E-state index contributed by atoms with van der Waals surface area (Å²) in [6, 6.07) is 20.8. The van der Waals surface area contributed by atoms with Gasteiger partial charge in [-0.15, -0.1) is 0 Å². The Morgan fingerprint density at radius 1 is 1.10 bits per heavy atom. The summed E-state index contributed by atoms with van der Waals surface area (Å²) in [4.78, 5) is 26.6. The second kappa shape index (κ2) is 8.82. The molecule has 0 saturated carbocycles. The normalized spacial score (nSPS) is 13.6. The van der Waals surface area contributed by atoms with E-state index in [4.69, 9.17) is 11.6 Å². The van der Waals surface area contributed by atoms with Crippen molar-refractivity contribution in [3.05, 3.63) is 94.0 Å². The van der Waals surface area contributed by atoms with Gasteiger partial charge in [-0.25, -0.2) is 0 Å². The number of carbonyl (C=O) groups excluding carboxylic acids is 2. The Balaban J connectivity index is 1.47. The minimum Gasteiger partial charge on any atom is -0.380 e. The Morgan fingerprint density at radius 2 is 1.84 bits per heavy atom. The van der Waals surface area contributed by atoms with E-state index in [9.17, 15) is 9.59 Å². The molecule has 4 rings (SSSR count). The van der Waals surface area contributed by atoms with Crippen LogP contribution in [0.25, 0.3) is 0 Å². The molecule has 158 valence electrons. The van der Waals surface area contributed by atoms with Crippen LogP contribution >= 0.6 is 11.6 Å². The Bertz CT molecular complexity index is 1150. The standard InChI is InChI=1S/C25H24ClN3O2/c1-16(17-11-12-23-19(13-17)14-24(30)29(23)2)28-25(31)20-8-4-6-10-22(20)27-15-18-7-3-5-9-21(18)26/h3-13,16,27H,14-15H2,1-2H3,(H,28,31). The average Bonchev–Trinajstić information content (AvgIpc) is 3.06. The molecule has 6 heteroatoms. The van der Waals surface area contributed by atoms with Gasteiger partial charge in [-0.3, -0.25) is 9.59 Å². The van der Waals surface area contributed by atoms with Gasteiger partial charge in [0.05, 0.1) is 18.0 Å². The summed E-state index contributed by atoms with van der Waals surface area (Å²) in [6.07, 6.45) is 0.398. The van der Waals surface area contributed by atoms with Gasteiger partial charge in [0.1, 0.15) is 0 Å². The fourth-order valence-electron chi connectivity index (χ4n) is 3.78. The SMILES string of the molecule is CC(NC(=O)c1ccccc1NCc1ccccc1Cl)c1ccc2c(c1)CC(=O)N2C. The van der Waals surface area contributed by atoms with Gasteiger partial charge >= 0.3 is 0 Å². The van der Waals surface area contributed by atoms with Crippen molar-refractivity contribution in [2.24, 2.45) is 0 Å². The number of para-hydroxylation sites is 1. The number of fused-ring (bicyclic) bond motifs is 1. The highest BCUT2D eigenvalue weighted by atomic mass is 35.5. The summed E-state index contributed by atoms with van der Waals surface area (Å²) < 4.78 is 0. The maximum atomic E-state index is 13.0. The van der Waals surface area contributed by atoms with Gasteiger partial charge < -0.3 is 15.5 Å². The molecule has 5 nitrogen and oxygen atoms in total. The maximum Gasteiger partial charge on any atom is 0.253 e. The first-order chi connectivity index (χ1) is 14.9. The Labute approximate surface area is 187 Å². The largest absolute Gasteiger partial charge is 0.380 e. The zero-order valence-electron chi connectivity index (χ0n) is 17.5. The highest BCUT2D eigenvalue weighted by Crippen LogP contribution is 2.30. The van der Waals surface area contributed by atoms with Crippen molar-refractivity contribution >= 4 is 34.8 Å². The molecule has 0 radical (unpaired) electrons. The predicted octanol–water partition coefficient (Wildman–Crippen LogP) is 4.96. The molecule has 1 heterocycles. The minimum absolute atomic E-state index is 0.0855. The molecule has 3 aromatic rings. The van der Waals surface area contributed by atoms with E-state index >= 15 is 0 Å². The van der Waals surface area contributed by atoms with Gasteiger partial charge in [-0.1, -0.05) is 54.1 Å². The third kappa shape index (κ3) is 4.42. The highest BCUT2D eigenvalue weighted by Gasteiger charge is 2.25. The number of rotatable bonds is 6. The summed E-state index contributed by atoms with van der Waals surface area (Å²) >= 11 is 6.24. The molecule has 0 saturated heterocycles. The van der Waals surface area contributed by atoms with Crippen LogP contribution in [0.15, 0.2) is 66.7 Å². The fraction of sp³-hybridized carbons (Fsp3) is 0.200. The van der Waals surface area contributed by atoms with Gasteiger partial charge in [0, 0.05) is 30.0 Å². The van der Waals surface area contributed by atoms with Gasteiger partial charge in [-0.05, 0) is 47.9 Å². The fourth-order valence-corrected chi connectivity index (χ4v) is 3.99. The molecule has 0 spiro atoms. The molecular weight excluding hydrogens is 410 g/mol. The lowest BCUT2D eigenvalue weighted by atomic mass is 10.0. The smallest absolute Gasteiger partial charge is 0.253 e. The molecule has 0 aliphatic carbocycles. The number of hydrogen-bond donors (Lipinski definition) is 2. The van der Waals surface area contributed by atoms with E-state index in [-0.39, 0.29) is 17.9 Å². The van der Waals surface area contributed by atoms with E-state index in [0.717, 1.165) is 28.1 Å². The van der Waals surface area contributed by atoms with Gasteiger partial charge in [0.15, 0.2) is 0 Å². The molecule has 0 aromatic heterocycles. The lowest BCUT2D eigenvalue weighted by Gasteiger charge is -2.18. The molecular formula is C25H24ClN3O2. The average molecular weight is 434 g/mol. The van der Waals surface area contributed by atoms with Gasteiger partial charge in [-0.2, -0.15) is 0 Å². The number of anilines is 2. The van der Waals surface area contributed by atoms with Crippen molar-refractivity contribution in [1.29, 1.82) is 0 Å². The number of carbonyl (C=O) groups is 2. The van der Waals surface area contributed by atoms with E-state index in [0.29, 0.717) is 23.6 Å². The molecule has 1 aliphatic rings. The molecule has 0 bridgehead atoms. The number of nitrogens with one attached hydrogen (secondary N) is 2. The number of benzene rings is 3. The van der Waals surface area contributed by atoms with Crippen LogP contribution in [0.3, 0.4) is 0 Å². The Morgan fingerprint density at radius 3 is 2.65 bits per heavy atom. The predicted molar refractivity (Wildman–Crippen MR) is 125 cm³/mol. The number of likely N-dealkylation sites (N-methyl/N-ethyl adjacent to an activating group) is 1. The second-order valence-electron chi connectivity index (χ2n) is 7.70. The van der Waals surface area contributed by atoms with E-state index in [1.807, 2.05) is 67.6 Å². The first kappa shape index (κ1) is 20.9. The van der Waals surface area contributed by atoms with E-state index in [1.54, 1.807) is 18.0 Å². The second-order valence-corrected chi connectivity index (χ2v) is 8.11. The van der Waals surface area contributed by atoms with Crippen LogP contribution in [-0.4, -0.2) is 18.9 Å². The zero-order valence-corrected chi connectivity index (χ0v) is 18.2. The first-order valence-electron chi connectivity index (χ1n) is 10.2. The van der Waals surface area contributed by atoms with Crippen LogP contribution in [-0.2, 0) is 17.8 Å². The number of hydrogen-bond acceptors (Lipinski definition) is 3. The molecule has 2 N–H and O–H groups in total. The van der Waals surface area contributed by atoms with Crippen molar-refractivity contribution < 1.29 is 9.59 Å². The summed E-state index contributed by atoms with van der Waals surface area (Å²) in [5, 5.41) is 7.08. The van der Waals surface area contributed by atoms with Crippen molar-refractivity contribution in [2.45, 2.75) is 25.9 Å². The molecule has 1 aliphatic heterocycles. The van der Waals surface area contributed by atoms with Crippen molar-refractivity contribution in [1.82, 2.24) is 5.32 Å². The van der Waals surface area contributed by atoms with E-state index < -0.39 is 0 Å².